The zero-order valence-corrected chi connectivity index (χ0v) is 7.80. The van der Waals surface area contributed by atoms with E-state index in [0.29, 0.717) is 0 Å². The van der Waals surface area contributed by atoms with Crippen molar-refractivity contribution in [1.29, 1.82) is 0 Å². The van der Waals surface area contributed by atoms with Gasteiger partial charge in [0.05, 0.1) is 0 Å². The Morgan fingerprint density at radius 3 is 2.54 bits per heavy atom. The van der Waals surface area contributed by atoms with Crippen LogP contribution in [0.3, 0.4) is 0 Å². The molecule has 0 unspecified atom stereocenters. The van der Waals surface area contributed by atoms with Gasteiger partial charge < -0.3 is 0 Å². The van der Waals surface area contributed by atoms with Gasteiger partial charge in [-0.2, -0.15) is 0 Å². The maximum absolute atomic E-state index is 3.58. The Balaban J connectivity index is 2.85. The van der Waals surface area contributed by atoms with Crippen molar-refractivity contribution in [2.75, 3.05) is 0 Å². The summed E-state index contributed by atoms with van der Waals surface area (Å²) in [5.41, 5.74) is 4.81. The molecular formula is C13H12. The number of hydrogen-bond acceptors (Lipinski definition) is 0. The monoisotopic (exact) mass is 168 g/mol. The quantitative estimate of drug-likeness (QED) is 0.446. The average molecular weight is 168 g/mol. The van der Waals surface area contributed by atoms with Gasteiger partial charge in [0.15, 0.2) is 0 Å². The molecule has 0 heteroatoms. The molecule has 1 aromatic rings. The van der Waals surface area contributed by atoms with Gasteiger partial charge in [-0.25, -0.2) is 0 Å². The summed E-state index contributed by atoms with van der Waals surface area (Å²) in [6, 6.07) is 9.92. The summed E-state index contributed by atoms with van der Waals surface area (Å²) >= 11 is 0. The Labute approximate surface area is 79.6 Å². The third-order valence-corrected chi connectivity index (χ3v) is 1.70. The van der Waals surface area contributed by atoms with Crippen molar-refractivity contribution in [2.24, 2.45) is 0 Å². The van der Waals surface area contributed by atoms with Gasteiger partial charge in [0.2, 0.25) is 0 Å². The second-order valence-corrected chi connectivity index (χ2v) is 2.62. The minimum Gasteiger partial charge on any atom is -0.116 e. The van der Waals surface area contributed by atoms with Crippen LogP contribution in [0.2, 0.25) is 0 Å². The summed E-state index contributed by atoms with van der Waals surface area (Å²) in [6.07, 6.45) is 0.892. The van der Waals surface area contributed by atoms with Crippen molar-refractivity contribution in [3.05, 3.63) is 53.8 Å². The lowest BCUT2D eigenvalue weighted by Crippen LogP contribution is -1.74. The van der Waals surface area contributed by atoms with Crippen LogP contribution < -0.4 is 0 Å². The van der Waals surface area contributed by atoms with E-state index in [4.69, 9.17) is 0 Å². The molecular weight excluding hydrogens is 156 g/mol. The molecule has 0 atom stereocenters. The van der Waals surface area contributed by atoms with E-state index in [9.17, 15) is 0 Å². The second-order valence-electron chi connectivity index (χ2n) is 2.62. The van der Waals surface area contributed by atoms with Gasteiger partial charge >= 0.3 is 0 Å². The van der Waals surface area contributed by atoms with E-state index in [2.05, 4.69) is 24.2 Å². The first-order valence-corrected chi connectivity index (χ1v) is 4.32. The summed E-state index contributed by atoms with van der Waals surface area (Å²) in [5, 5.41) is 0. The van der Waals surface area contributed by atoms with Crippen molar-refractivity contribution in [1.82, 2.24) is 0 Å². The maximum atomic E-state index is 3.58. The first-order valence-electron chi connectivity index (χ1n) is 4.32. The van der Waals surface area contributed by atoms with Crippen molar-refractivity contribution in [2.45, 2.75) is 13.3 Å². The van der Waals surface area contributed by atoms with Gasteiger partial charge in [0, 0.05) is 11.1 Å². The predicted molar refractivity (Wildman–Crippen MR) is 56.3 cm³/mol. The highest BCUT2D eigenvalue weighted by Gasteiger charge is 1.84. The summed E-state index contributed by atoms with van der Waals surface area (Å²) in [4.78, 5) is 0. The molecule has 0 radical (unpaired) electrons. The second kappa shape index (κ2) is 5.04. The van der Waals surface area contributed by atoms with Crippen LogP contribution in [0.5, 0.6) is 0 Å². The minimum absolute atomic E-state index is 0.892. The molecule has 13 heavy (non-hydrogen) atoms. The first kappa shape index (κ1) is 9.39. The molecule has 0 saturated carbocycles. The predicted octanol–water partition coefficient (Wildman–Crippen LogP) is 3.16. The molecule has 0 aliphatic rings. The fraction of sp³-hybridized carbons (Fsp3) is 0.154. The molecule has 0 aromatic heterocycles. The lowest BCUT2D eigenvalue weighted by Gasteiger charge is -1.87. The van der Waals surface area contributed by atoms with E-state index < -0.39 is 0 Å². The highest BCUT2D eigenvalue weighted by Crippen LogP contribution is 1.98. The molecule has 0 spiro atoms. The molecule has 0 fully saturated rings. The Kier molecular flexibility index (Phi) is 3.64. The Morgan fingerprint density at radius 1 is 1.31 bits per heavy atom. The molecule has 0 saturated heterocycles. The molecule has 0 nitrogen and oxygen atoms in total. The van der Waals surface area contributed by atoms with Crippen LogP contribution in [0, 0.1) is 11.8 Å². The molecule has 0 N–H and O–H groups in total. The zero-order valence-electron chi connectivity index (χ0n) is 7.80. The minimum atomic E-state index is 0.892. The van der Waals surface area contributed by atoms with Crippen LogP contribution in [0.15, 0.2) is 48.2 Å². The summed E-state index contributed by atoms with van der Waals surface area (Å²) < 4.78 is 0. The molecule has 0 heterocycles. The Hall–Kier alpha value is -1.70. The SMILES string of the molecule is C=C=C(C#Cc1ccccc1)CC. The van der Waals surface area contributed by atoms with Crippen molar-refractivity contribution >= 4 is 0 Å². The first-order chi connectivity index (χ1) is 6.36. The molecule has 1 aromatic carbocycles. The maximum Gasteiger partial charge on any atom is 0.0432 e. The van der Waals surface area contributed by atoms with E-state index >= 15 is 0 Å². The van der Waals surface area contributed by atoms with Gasteiger partial charge in [-0.05, 0) is 18.6 Å². The Morgan fingerprint density at radius 2 is 2.00 bits per heavy atom. The zero-order chi connectivity index (χ0) is 9.52. The number of benzene rings is 1. The topological polar surface area (TPSA) is 0 Å². The standard InChI is InChI=1S/C13H12/c1-3-12(4-2)10-11-13-8-6-5-7-9-13/h5-9H,1,4H2,2H3. The van der Waals surface area contributed by atoms with E-state index in [1.54, 1.807) is 0 Å². The largest absolute Gasteiger partial charge is 0.116 e. The highest BCUT2D eigenvalue weighted by atomic mass is 13.9. The fourth-order valence-corrected chi connectivity index (χ4v) is 0.927. The normalized spacial score (nSPS) is 8.08. The molecule has 0 bridgehead atoms. The Bertz CT molecular complexity index is 367. The highest BCUT2D eigenvalue weighted by molar-refractivity contribution is 5.39. The summed E-state index contributed by atoms with van der Waals surface area (Å²) in [7, 11) is 0. The van der Waals surface area contributed by atoms with E-state index in [0.717, 1.165) is 17.6 Å². The molecule has 1 rings (SSSR count). The molecule has 0 amide bonds. The van der Waals surface area contributed by atoms with Gasteiger partial charge in [0.1, 0.15) is 0 Å². The van der Waals surface area contributed by atoms with Crippen LogP contribution >= 0.6 is 0 Å². The van der Waals surface area contributed by atoms with E-state index in [1.807, 2.05) is 37.3 Å². The molecule has 0 aliphatic carbocycles. The number of rotatable bonds is 1. The third-order valence-electron chi connectivity index (χ3n) is 1.70. The van der Waals surface area contributed by atoms with Crippen LogP contribution in [0.4, 0.5) is 0 Å². The van der Waals surface area contributed by atoms with Crippen LogP contribution in [-0.2, 0) is 0 Å². The average Bonchev–Trinajstić information content (AvgIpc) is 2.21. The summed E-state index contributed by atoms with van der Waals surface area (Å²) in [5.74, 6) is 6.09. The smallest absolute Gasteiger partial charge is 0.0432 e. The van der Waals surface area contributed by atoms with Crippen LogP contribution in [-0.4, -0.2) is 0 Å². The third kappa shape index (κ3) is 3.03. The van der Waals surface area contributed by atoms with Crippen molar-refractivity contribution in [3.63, 3.8) is 0 Å². The molecule has 64 valence electrons. The van der Waals surface area contributed by atoms with E-state index in [1.165, 1.54) is 0 Å². The van der Waals surface area contributed by atoms with Gasteiger partial charge in [-0.1, -0.05) is 43.5 Å². The fourth-order valence-electron chi connectivity index (χ4n) is 0.927. The summed E-state index contributed by atoms with van der Waals surface area (Å²) in [6.45, 7) is 5.63. The lowest BCUT2D eigenvalue weighted by molar-refractivity contribution is 1.17. The lowest BCUT2D eigenvalue weighted by atomic mass is 10.2. The van der Waals surface area contributed by atoms with Crippen molar-refractivity contribution < 1.29 is 0 Å². The number of hydrogen-bond donors (Lipinski definition) is 0. The van der Waals surface area contributed by atoms with Gasteiger partial charge in [0.25, 0.3) is 0 Å². The molecule has 0 aliphatic heterocycles. The van der Waals surface area contributed by atoms with Crippen LogP contribution in [0.25, 0.3) is 0 Å². The number of allylic oxidation sites excluding steroid dienone is 1. The van der Waals surface area contributed by atoms with Gasteiger partial charge in [-0.15, -0.1) is 5.73 Å². The van der Waals surface area contributed by atoms with Crippen LogP contribution in [0.1, 0.15) is 18.9 Å². The van der Waals surface area contributed by atoms with Crippen molar-refractivity contribution in [3.8, 4) is 11.8 Å². The van der Waals surface area contributed by atoms with Gasteiger partial charge in [-0.3, -0.25) is 0 Å². The van der Waals surface area contributed by atoms with E-state index in [-0.39, 0.29) is 0 Å².